The van der Waals surface area contributed by atoms with Crippen LogP contribution >= 0.6 is 0 Å². The number of carbonyl (C=O) groups excluding carboxylic acids is 11. The molecule has 7 atom stereocenters. The summed E-state index contributed by atoms with van der Waals surface area (Å²) in [5.74, 6) is -7.71. The Labute approximate surface area is 407 Å². The Kier molecular flexibility index (Phi) is 35.0. The fraction of sp³-hybridized carbons (Fsp3) is 0.744. The lowest BCUT2D eigenvalue weighted by atomic mass is 10.0. The highest BCUT2D eigenvalue weighted by Gasteiger charge is 2.25. The molecule has 0 aliphatic rings. The van der Waals surface area contributed by atoms with Crippen molar-refractivity contribution in [1.82, 2.24) is 53.4 Å². The van der Waals surface area contributed by atoms with Gasteiger partial charge in [0.2, 0.25) is 53.2 Å². The molecule has 27 nitrogen and oxygen atoms in total. The molecular weight excluding hydrogens is 925 g/mol. The second kappa shape index (κ2) is 38.1. The number of nitrogens with one attached hydrogen (secondary N) is 10. The number of ketones is 1. The smallest absolute Gasteiger partial charge is 0.251 e. The van der Waals surface area contributed by atoms with E-state index < -0.39 is 123 Å². The van der Waals surface area contributed by atoms with Gasteiger partial charge in [0.15, 0.2) is 0 Å². The minimum absolute atomic E-state index is 0.0137. The van der Waals surface area contributed by atoms with Crippen LogP contribution in [-0.4, -0.2) is 175 Å². The van der Waals surface area contributed by atoms with E-state index >= 15 is 0 Å². The van der Waals surface area contributed by atoms with Gasteiger partial charge in [-0.05, 0) is 50.9 Å². The summed E-state index contributed by atoms with van der Waals surface area (Å²) in [4.78, 5) is 134. The normalized spacial score (nSPS) is 14.0. The van der Waals surface area contributed by atoms with E-state index in [0.29, 0.717) is 51.6 Å². The van der Waals surface area contributed by atoms with Gasteiger partial charge in [-0.1, -0.05) is 33.6 Å². The fourth-order valence-electron chi connectivity index (χ4n) is 6.28. The number of Topliss-reactive ketones (excluding diaryl/α,β-unsaturated/α-hetero) is 1. The summed E-state index contributed by atoms with van der Waals surface area (Å²) in [5, 5.41) is 57.4. The summed E-state index contributed by atoms with van der Waals surface area (Å²) in [6, 6.07) is -5.39. The third kappa shape index (κ3) is 30.7. The average molecular weight is 1000 g/mol. The molecule has 70 heavy (non-hydrogen) atoms. The van der Waals surface area contributed by atoms with Gasteiger partial charge in [0, 0.05) is 50.7 Å². The molecule has 18 N–H and O–H groups in total. The van der Waals surface area contributed by atoms with Gasteiger partial charge in [-0.15, -0.1) is 0 Å². The molecular formula is C43H78N12O15. The number of carbonyl (C=O) groups is 11. The standard InChI is InChI=1S/C43H78N12O15/c1-26(18-34(44)61)10-9-16-47-41(68)31(23-57)52-36(63)20-49-40(67)30(22-56)48-19-29(60)13-8-14-35(62)54-43(70)32(24-58)53-37(64)21-50-42(69)33(25-59)55-51-17-7-5-12-28(3)39(66)46-15-6-4-11-27(2)38(45)65/h26-28,30-33,48,51,55-59H,4-25H2,1-3H3,(H2,44,61)(H2,45,65)(H,46,66)(H,47,68)(H,49,67)(H,50,69)(H,52,63)(H,53,64)(H,54,62,70)/t26-,27+,28+,30+,31+,32+,33+/m1/s1. The molecule has 10 amide bonds. The number of hydrazine groups is 1. The Bertz CT molecular complexity index is 1690. The first kappa shape index (κ1) is 64.3. The van der Waals surface area contributed by atoms with Crippen LogP contribution in [0.15, 0.2) is 0 Å². The molecule has 0 heterocycles. The summed E-state index contributed by atoms with van der Waals surface area (Å²) in [7, 11) is 0. The number of imide groups is 1. The summed E-state index contributed by atoms with van der Waals surface area (Å²) in [6.45, 7) is 1.74. The summed E-state index contributed by atoms with van der Waals surface area (Å²) in [6.07, 6.45) is 4.84. The van der Waals surface area contributed by atoms with Crippen LogP contribution in [0.25, 0.3) is 0 Å². The molecule has 0 aromatic heterocycles. The van der Waals surface area contributed by atoms with Crippen molar-refractivity contribution < 1.29 is 73.2 Å². The fourth-order valence-corrected chi connectivity index (χ4v) is 6.28. The van der Waals surface area contributed by atoms with Gasteiger partial charge in [0.25, 0.3) is 5.91 Å². The molecule has 0 aromatic carbocycles. The molecule has 0 spiro atoms. The molecule has 27 heteroatoms. The summed E-state index contributed by atoms with van der Waals surface area (Å²) in [5.41, 5.74) is 15.9. The van der Waals surface area contributed by atoms with Crippen LogP contribution in [-0.2, 0) is 52.7 Å². The third-order valence-electron chi connectivity index (χ3n) is 10.7. The lowest BCUT2D eigenvalue weighted by Crippen LogP contribution is -2.55. The van der Waals surface area contributed by atoms with Gasteiger partial charge in [-0.3, -0.25) is 68.8 Å². The Morgan fingerprint density at radius 2 is 0.971 bits per heavy atom. The monoisotopic (exact) mass is 1000 g/mol. The van der Waals surface area contributed by atoms with Crippen LogP contribution in [0.5, 0.6) is 0 Å². The highest BCUT2D eigenvalue weighted by molar-refractivity contribution is 6.00. The first-order valence-electron chi connectivity index (χ1n) is 23.5. The molecule has 400 valence electrons. The van der Waals surface area contributed by atoms with Crippen molar-refractivity contribution in [2.45, 2.75) is 122 Å². The van der Waals surface area contributed by atoms with E-state index in [0.717, 1.165) is 12.8 Å². The molecule has 0 unspecified atom stereocenters. The first-order valence-corrected chi connectivity index (χ1v) is 23.5. The zero-order valence-corrected chi connectivity index (χ0v) is 40.5. The molecule has 0 saturated carbocycles. The van der Waals surface area contributed by atoms with Crippen LogP contribution < -0.4 is 64.9 Å². The predicted octanol–water partition coefficient (Wildman–Crippen LogP) is -6.42. The third-order valence-corrected chi connectivity index (χ3v) is 10.7. The highest BCUT2D eigenvalue weighted by Crippen LogP contribution is 2.10. The lowest BCUT2D eigenvalue weighted by molar-refractivity contribution is -0.135. The van der Waals surface area contributed by atoms with Crippen molar-refractivity contribution in [3.05, 3.63) is 0 Å². The van der Waals surface area contributed by atoms with Gasteiger partial charge in [0.1, 0.15) is 30.0 Å². The van der Waals surface area contributed by atoms with Crippen LogP contribution in [0.4, 0.5) is 0 Å². The number of primary amides is 2. The molecule has 0 aliphatic heterocycles. The molecule has 0 fully saturated rings. The van der Waals surface area contributed by atoms with Gasteiger partial charge in [-0.2, -0.15) is 0 Å². The van der Waals surface area contributed by atoms with Gasteiger partial charge >= 0.3 is 0 Å². The minimum Gasteiger partial charge on any atom is -0.394 e. The van der Waals surface area contributed by atoms with E-state index in [1.165, 1.54) is 0 Å². The summed E-state index contributed by atoms with van der Waals surface area (Å²) < 4.78 is 0. The van der Waals surface area contributed by atoms with Crippen LogP contribution in [0.2, 0.25) is 0 Å². The van der Waals surface area contributed by atoms with Crippen LogP contribution in [0.3, 0.4) is 0 Å². The molecule has 0 saturated heterocycles. The molecule has 0 aromatic rings. The van der Waals surface area contributed by atoms with E-state index in [-0.39, 0.29) is 61.8 Å². The van der Waals surface area contributed by atoms with E-state index in [4.69, 9.17) is 11.5 Å². The SMILES string of the molecule is C[C@H](CCCNC(=O)[C@H](CO)NC(=O)CNC(=O)[C@H](CO)NCC(=O)CCCC(=O)NC(=O)[C@H](CO)NC(=O)CNC(=O)[C@H](CO)NNCCCC[C@H](C)C(=O)NCCCC[C@H](C)C(N)=O)CC(N)=O. The number of rotatable bonds is 41. The van der Waals surface area contributed by atoms with Crippen molar-refractivity contribution in [2.24, 2.45) is 29.2 Å². The molecule has 0 rings (SSSR count). The van der Waals surface area contributed by atoms with Crippen molar-refractivity contribution in [1.29, 1.82) is 0 Å². The van der Waals surface area contributed by atoms with Crippen molar-refractivity contribution in [2.75, 3.05) is 65.7 Å². The Hall–Kier alpha value is -5.71. The molecule has 0 aliphatic carbocycles. The lowest BCUT2D eigenvalue weighted by Gasteiger charge is -2.18. The molecule has 0 bridgehead atoms. The Balaban J connectivity index is 4.47. The highest BCUT2D eigenvalue weighted by atomic mass is 16.3. The predicted molar refractivity (Wildman–Crippen MR) is 250 cm³/mol. The zero-order valence-electron chi connectivity index (χ0n) is 40.5. The average Bonchev–Trinajstić information content (AvgIpc) is 3.31. The van der Waals surface area contributed by atoms with Crippen LogP contribution in [0, 0.1) is 17.8 Å². The van der Waals surface area contributed by atoms with E-state index in [1.54, 1.807) is 6.92 Å². The van der Waals surface area contributed by atoms with E-state index in [1.807, 2.05) is 19.2 Å². The molecule has 0 radical (unpaired) electrons. The number of nitrogens with two attached hydrogens (primary N) is 2. The quantitative estimate of drug-likeness (QED) is 0.0200. The maximum Gasteiger partial charge on any atom is 0.251 e. The number of hydrogen-bond donors (Lipinski definition) is 16. The Morgan fingerprint density at radius 3 is 1.53 bits per heavy atom. The van der Waals surface area contributed by atoms with Gasteiger partial charge < -0.3 is 63.8 Å². The van der Waals surface area contributed by atoms with E-state index in [2.05, 4.69) is 48.1 Å². The van der Waals surface area contributed by atoms with Gasteiger partial charge in [-0.25, -0.2) is 5.43 Å². The number of unbranched alkanes of at least 4 members (excludes halogenated alkanes) is 2. The minimum atomic E-state index is -1.58. The van der Waals surface area contributed by atoms with Crippen molar-refractivity contribution in [3.63, 3.8) is 0 Å². The largest absolute Gasteiger partial charge is 0.394 e. The maximum atomic E-state index is 12.6. The zero-order chi connectivity index (χ0) is 53.0. The van der Waals surface area contributed by atoms with Crippen molar-refractivity contribution >= 4 is 64.9 Å². The number of hydrogen-bond acceptors (Lipinski definition) is 18. The first-order chi connectivity index (χ1) is 33.2. The Morgan fingerprint density at radius 1 is 0.471 bits per heavy atom. The summed E-state index contributed by atoms with van der Waals surface area (Å²) >= 11 is 0. The maximum absolute atomic E-state index is 12.6. The number of aliphatic hydroxyl groups excluding tert-OH is 4. The second-order valence-corrected chi connectivity index (χ2v) is 17.0. The van der Waals surface area contributed by atoms with Gasteiger partial charge in [0.05, 0.1) is 46.1 Å². The van der Waals surface area contributed by atoms with Crippen molar-refractivity contribution in [3.8, 4) is 0 Å². The second-order valence-electron chi connectivity index (χ2n) is 17.0. The topological polar surface area (TPSA) is 441 Å². The van der Waals surface area contributed by atoms with E-state index in [9.17, 15) is 73.2 Å². The number of aliphatic hydroxyl groups is 4. The van der Waals surface area contributed by atoms with Crippen LogP contribution in [0.1, 0.15) is 97.8 Å². The number of amides is 10.